The van der Waals surface area contributed by atoms with Gasteiger partial charge in [0.2, 0.25) is 0 Å². The van der Waals surface area contributed by atoms with Crippen molar-refractivity contribution in [3.05, 3.63) is 71.4 Å². The maximum absolute atomic E-state index is 12.8. The second kappa shape index (κ2) is 6.20. The van der Waals surface area contributed by atoms with E-state index < -0.39 is 0 Å². The van der Waals surface area contributed by atoms with Gasteiger partial charge >= 0.3 is 0 Å². The fraction of sp³-hybridized carbons (Fsp3) is 0.238. The number of nitrogens with zero attached hydrogens (tertiary/aromatic N) is 1. The van der Waals surface area contributed by atoms with E-state index in [2.05, 4.69) is 11.1 Å². The van der Waals surface area contributed by atoms with Crippen molar-refractivity contribution < 1.29 is 9.59 Å². The third kappa shape index (κ3) is 2.74. The summed E-state index contributed by atoms with van der Waals surface area (Å²) in [5.41, 5.74) is 4.00. The summed E-state index contributed by atoms with van der Waals surface area (Å²) in [5.74, 6) is 0.133. The van der Waals surface area contributed by atoms with Crippen molar-refractivity contribution in [1.29, 1.82) is 0 Å². The van der Waals surface area contributed by atoms with Gasteiger partial charge < -0.3 is 9.88 Å². The number of ketones is 1. The van der Waals surface area contributed by atoms with Crippen LogP contribution in [0.25, 0.3) is 10.9 Å². The maximum atomic E-state index is 12.8. The van der Waals surface area contributed by atoms with Gasteiger partial charge in [0, 0.05) is 35.6 Å². The van der Waals surface area contributed by atoms with E-state index in [1.165, 1.54) is 10.9 Å². The summed E-state index contributed by atoms with van der Waals surface area (Å²) < 4.78 is 0. The first-order chi connectivity index (χ1) is 12.1. The van der Waals surface area contributed by atoms with Crippen LogP contribution in [0.5, 0.6) is 0 Å². The molecule has 3 aromatic rings. The fourth-order valence-electron chi connectivity index (χ4n) is 3.78. The van der Waals surface area contributed by atoms with Crippen molar-refractivity contribution in [3.8, 4) is 0 Å². The first-order valence-electron chi connectivity index (χ1n) is 8.59. The fourth-order valence-corrected chi connectivity index (χ4v) is 3.78. The van der Waals surface area contributed by atoms with Gasteiger partial charge in [-0.2, -0.15) is 0 Å². The molecule has 0 fully saturated rings. The number of carbonyl (C=O) groups is 2. The van der Waals surface area contributed by atoms with Gasteiger partial charge in [-0.15, -0.1) is 0 Å². The highest BCUT2D eigenvalue weighted by Crippen LogP contribution is 2.36. The molecule has 0 aliphatic carbocycles. The van der Waals surface area contributed by atoms with Crippen molar-refractivity contribution in [2.45, 2.75) is 25.8 Å². The van der Waals surface area contributed by atoms with E-state index in [1.807, 2.05) is 53.6 Å². The van der Waals surface area contributed by atoms with Crippen LogP contribution in [0, 0.1) is 0 Å². The van der Waals surface area contributed by atoms with Crippen LogP contribution in [-0.4, -0.2) is 28.1 Å². The summed E-state index contributed by atoms with van der Waals surface area (Å²) in [4.78, 5) is 29.7. The molecule has 2 heterocycles. The van der Waals surface area contributed by atoms with E-state index in [1.54, 1.807) is 6.92 Å². The number of aromatic nitrogens is 1. The number of H-pyrrole nitrogens is 1. The number of hydrogen-bond donors (Lipinski definition) is 1. The standard InChI is InChI=1S/C21H20N2O2/c1-14(24)12-20-17-7-2-3-8-18(17)21(25)23(20)11-10-15-13-22-19-9-5-4-6-16(15)19/h2-9,13,20,22H,10-12H2,1H3. The number of fused-ring (bicyclic) bond motifs is 2. The Kier molecular flexibility index (Phi) is 3.88. The van der Waals surface area contributed by atoms with Crippen molar-refractivity contribution in [2.75, 3.05) is 6.54 Å². The molecule has 1 aliphatic rings. The zero-order valence-corrected chi connectivity index (χ0v) is 14.2. The maximum Gasteiger partial charge on any atom is 0.254 e. The Hall–Kier alpha value is -2.88. The van der Waals surface area contributed by atoms with E-state index in [-0.39, 0.29) is 17.7 Å². The molecule has 1 aromatic heterocycles. The molecule has 0 spiro atoms. The third-order valence-electron chi connectivity index (χ3n) is 4.97. The number of rotatable bonds is 5. The Balaban J connectivity index is 1.60. The zero-order valence-electron chi connectivity index (χ0n) is 14.2. The Labute approximate surface area is 146 Å². The van der Waals surface area contributed by atoms with Crippen LogP contribution >= 0.6 is 0 Å². The second-order valence-corrected chi connectivity index (χ2v) is 6.62. The molecule has 1 amide bonds. The van der Waals surface area contributed by atoms with Crippen LogP contribution < -0.4 is 0 Å². The van der Waals surface area contributed by atoms with Crippen LogP contribution in [0.4, 0.5) is 0 Å². The molecule has 1 unspecified atom stereocenters. The van der Waals surface area contributed by atoms with Crippen molar-refractivity contribution in [1.82, 2.24) is 9.88 Å². The van der Waals surface area contributed by atoms with Gasteiger partial charge in [0.25, 0.3) is 5.91 Å². The lowest BCUT2D eigenvalue weighted by molar-refractivity contribution is -0.118. The molecule has 0 saturated carbocycles. The summed E-state index contributed by atoms with van der Waals surface area (Å²) in [6.07, 6.45) is 3.15. The minimum atomic E-state index is -0.147. The third-order valence-corrected chi connectivity index (χ3v) is 4.97. The quantitative estimate of drug-likeness (QED) is 0.771. The van der Waals surface area contributed by atoms with Crippen LogP contribution in [-0.2, 0) is 11.2 Å². The van der Waals surface area contributed by atoms with Gasteiger partial charge in [-0.05, 0) is 36.6 Å². The first-order valence-corrected chi connectivity index (χ1v) is 8.59. The molecule has 0 radical (unpaired) electrons. The van der Waals surface area contributed by atoms with E-state index in [4.69, 9.17) is 0 Å². The van der Waals surface area contributed by atoms with Crippen molar-refractivity contribution >= 4 is 22.6 Å². The van der Waals surface area contributed by atoms with Crippen molar-refractivity contribution in [3.63, 3.8) is 0 Å². The number of aromatic amines is 1. The van der Waals surface area contributed by atoms with Gasteiger partial charge in [-0.1, -0.05) is 36.4 Å². The lowest BCUT2D eigenvalue weighted by atomic mass is 10.0. The zero-order chi connectivity index (χ0) is 17.4. The molecular weight excluding hydrogens is 312 g/mol. The van der Waals surface area contributed by atoms with Crippen LogP contribution in [0.2, 0.25) is 0 Å². The molecule has 2 aromatic carbocycles. The van der Waals surface area contributed by atoms with E-state index in [0.29, 0.717) is 13.0 Å². The topological polar surface area (TPSA) is 53.2 Å². The first kappa shape index (κ1) is 15.6. The number of Topliss-reactive ketones (excluding diaryl/α,β-unsaturated/α-hetero) is 1. The summed E-state index contributed by atoms with van der Waals surface area (Å²) in [6.45, 7) is 2.19. The van der Waals surface area contributed by atoms with Crippen LogP contribution in [0.1, 0.15) is 40.9 Å². The van der Waals surface area contributed by atoms with Gasteiger partial charge in [-0.3, -0.25) is 9.59 Å². The molecule has 1 aliphatic heterocycles. The van der Waals surface area contributed by atoms with Crippen molar-refractivity contribution in [2.24, 2.45) is 0 Å². The van der Waals surface area contributed by atoms with Gasteiger partial charge in [0.1, 0.15) is 5.78 Å². The highest BCUT2D eigenvalue weighted by Gasteiger charge is 2.36. The van der Waals surface area contributed by atoms with Crippen LogP contribution in [0.15, 0.2) is 54.7 Å². The Morgan fingerprint density at radius 3 is 2.72 bits per heavy atom. The van der Waals surface area contributed by atoms with Gasteiger partial charge in [0.15, 0.2) is 0 Å². The normalized spacial score (nSPS) is 16.4. The SMILES string of the molecule is CC(=O)CC1c2ccccc2C(=O)N1CCc1c[nH]c2ccccc12. The number of amides is 1. The number of hydrogen-bond acceptors (Lipinski definition) is 2. The summed E-state index contributed by atoms with van der Waals surface area (Å²) in [6, 6.07) is 15.7. The van der Waals surface area contributed by atoms with E-state index in [0.717, 1.165) is 23.1 Å². The second-order valence-electron chi connectivity index (χ2n) is 6.62. The number of carbonyl (C=O) groups excluding carboxylic acids is 2. The van der Waals surface area contributed by atoms with E-state index >= 15 is 0 Å². The summed E-state index contributed by atoms with van der Waals surface area (Å²) in [5, 5.41) is 1.19. The summed E-state index contributed by atoms with van der Waals surface area (Å²) >= 11 is 0. The molecule has 126 valence electrons. The molecule has 0 saturated heterocycles. The number of benzene rings is 2. The highest BCUT2D eigenvalue weighted by molar-refractivity contribution is 6.00. The molecule has 4 heteroatoms. The minimum absolute atomic E-state index is 0.0293. The molecule has 4 rings (SSSR count). The molecule has 1 N–H and O–H groups in total. The highest BCUT2D eigenvalue weighted by atomic mass is 16.2. The molecular formula is C21H20N2O2. The van der Waals surface area contributed by atoms with E-state index in [9.17, 15) is 9.59 Å². The number of nitrogens with one attached hydrogen (secondary N) is 1. The van der Waals surface area contributed by atoms with Gasteiger partial charge in [0.05, 0.1) is 6.04 Å². The molecule has 0 bridgehead atoms. The Morgan fingerprint density at radius 1 is 1.12 bits per heavy atom. The molecule has 4 nitrogen and oxygen atoms in total. The van der Waals surface area contributed by atoms with Gasteiger partial charge in [-0.25, -0.2) is 0 Å². The largest absolute Gasteiger partial charge is 0.361 e. The lowest BCUT2D eigenvalue weighted by Crippen LogP contribution is -2.31. The van der Waals surface area contributed by atoms with Crippen LogP contribution in [0.3, 0.4) is 0 Å². The Bertz CT molecular complexity index is 957. The summed E-state index contributed by atoms with van der Waals surface area (Å²) in [7, 11) is 0. The predicted molar refractivity (Wildman–Crippen MR) is 97.5 cm³/mol. The lowest BCUT2D eigenvalue weighted by Gasteiger charge is -2.24. The predicted octanol–water partition coefficient (Wildman–Crippen LogP) is 3.89. The molecule has 25 heavy (non-hydrogen) atoms. The smallest absolute Gasteiger partial charge is 0.254 e. The minimum Gasteiger partial charge on any atom is -0.361 e. The number of para-hydroxylation sites is 1. The Morgan fingerprint density at radius 2 is 1.88 bits per heavy atom. The molecule has 1 atom stereocenters. The average molecular weight is 332 g/mol. The monoisotopic (exact) mass is 332 g/mol. The average Bonchev–Trinajstić information content (AvgIpc) is 3.14.